The highest BCUT2D eigenvalue weighted by atomic mass is 19.1. The zero-order valence-electron chi connectivity index (χ0n) is 13.6. The topological polar surface area (TPSA) is 45.2 Å². The minimum atomic E-state index is -0.328. The van der Waals surface area contributed by atoms with Crippen molar-refractivity contribution < 1.29 is 9.18 Å². The number of nitrogens with zero attached hydrogens (tertiary/aromatic N) is 2. The van der Waals surface area contributed by atoms with Crippen LogP contribution in [-0.4, -0.2) is 35.4 Å². The molecule has 1 atom stereocenters. The third-order valence-electron chi connectivity index (χ3n) is 4.42. The number of hydrogen-bond acceptors (Lipinski definition) is 3. The van der Waals surface area contributed by atoms with Crippen molar-refractivity contribution in [3.05, 3.63) is 65.7 Å². The van der Waals surface area contributed by atoms with Gasteiger partial charge in [-0.05, 0) is 67.3 Å². The fourth-order valence-corrected chi connectivity index (χ4v) is 3.15. The average molecular weight is 327 g/mol. The molecule has 1 saturated heterocycles. The summed E-state index contributed by atoms with van der Waals surface area (Å²) in [6.07, 6.45) is 5.90. The van der Waals surface area contributed by atoms with Crippen LogP contribution in [-0.2, 0) is 6.54 Å². The van der Waals surface area contributed by atoms with Gasteiger partial charge in [0.25, 0.3) is 5.91 Å². The molecule has 1 aromatic heterocycles. The molecule has 126 valence electrons. The SMILES string of the molecule is O=C(NCC1CCCN(Cc2ccncc2)C1)c1ccc(F)cc1. The lowest BCUT2D eigenvalue weighted by Crippen LogP contribution is -2.40. The molecule has 2 aromatic rings. The summed E-state index contributed by atoms with van der Waals surface area (Å²) in [6, 6.07) is 9.74. The van der Waals surface area contributed by atoms with Crippen LogP contribution in [0.15, 0.2) is 48.8 Å². The first-order valence-corrected chi connectivity index (χ1v) is 8.36. The Kier molecular flexibility index (Phi) is 5.54. The number of nitrogens with one attached hydrogen (secondary N) is 1. The molecule has 3 rings (SSSR count). The Hall–Kier alpha value is -2.27. The van der Waals surface area contributed by atoms with Gasteiger partial charge in [0.15, 0.2) is 0 Å². The van der Waals surface area contributed by atoms with Crippen molar-refractivity contribution >= 4 is 5.91 Å². The summed E-state index contributed by atoms with van der Waals surface area (Å²) in [5.41, 5.74) is 1.77. The largest absolute Gasteiger partial charge is 0.352 e. The molecule has 1 amide bonds. The van der Waals surface area contributed by atoms with Crippen LogP contribution in [0.1, 0.15) is 28.8 Å². The first-order valence-electron chi connectivity index (χ1n) is 8.36. The van der Waals surface area contributed by atoms with E-state index in [1.54, 1.807) is 0 Å². The van der Waals surface area contributed by atoms with E-state index in [9.17, 15) is 9.18 Å². The van der Waals surface area contributed by atoms with Crippen molar-refractivity contribution in [3.63, 3.8) is 0 Å². The quantitative estimate of drug-likeness (QED) is 0.918. The molecule has 0 aliphatic carbocycles. The molecule has 1 aliphatic rings. The summed E-state index contributed by atoms with van der Waals surface area (Å²) in [6.45, 7) is 3.64. The number of pyridine rings is 1. The standard InChI is InChI=1S/C19H22FN3O/c20-18-5-3-17(4-6-18)19(24)22-12-16-2-1-11-23(14-16)13-15-7-9-21-10-8-15/h3-10,16H,1-2,11-14H2,(H,22,24). The molecule has 0 radical (unpaired) electrons. The van der Waals surface area contributed by atoms with E-state index in [0.717, 1.165) is 32.5 Å². The molecule has 1 unspecified atom stereocenters. The van der Waals surface area contributed by atoms with E-state index in [2.05, 4.69) is 15.2 Å². The molecule has 1 fully saturated rings. The van der Waals surface area contributed by atoms with Gasteiger partial charge in [-0.15, -0.1) is 0 Å². The van der Waals surface area contributed by atoms with E-state index in [1.165, 1.54) is 29.8 Å². The van der Waals surface area contributed by atoms with E-state index in [0.29, 0.717) is 18.0 Å². The molecular weight excluding hydrogens is 305 g/mol. The van der Waals surface area contributed by atoms with Gasteiger partial charge in [-0.3, -0.25) is 14.7 Å². The molecule has 0 saturated carbocycles. The Morgan fingerprint density at radius 3 is 2.71 bits per heavy atom. The predicted molar refractivity (Wildman–Crippen MR) is 91.0 cm³/mol. The van der Waals surface area contributed by atoms with Gasteiger partial charge < -0.3 is 5.32 Å². The molecule has 1 aliphatic heterocycles. The summed E-state index contributed by atoms with van der Waals surface area (Å²) in [4.78, 5) is 18.6. The zero-order chi connectivity index (χ0) is 16.8. The van der Waals surface area contributed by atoms with E-state index in [-0.39, 0.29) is 11.7 Å². The second-order valence-electron chi connectivity index (χ2n) is 6.32. The number of aromatic nitrogens is 1. The molecule has 24 heavy (non-hydrogen) atoms. The Morgan fingerprint density at radius 2 is 1.96 bits per heavy atom. The molecular formula is C19H22FN3O. The second-order valence-corrected chi connectivity index (χ2v) is 6.32. The Morgan fingerprint density at radius 1 is 1.21 bits per heavy atom. The summed E-state index contributed by atoms with van der Waals surface area (Å²) < 4.78 is 12.9. The normalized spacial score (nSPS) is 18.3. The third kappa shape index (κ3) is 4.61. The number of likely N-dealkylation sites (tertiary alicyclic amines) is 1. The van der Waals surface area contributed by atoms with Gasteiger partial charge in [-0.25, -0.2) is 4.39 Å². The Labute approximate surface area is 141 Å². The molecule has 4 nitrogen and oxygen atoms in total. The maximum absolute atomic E-state index is 12.9. The first-order chi connectivity index (χ1) is 11.7. The number of carbonyl (C=O) groups is 1. The van der Waals surface area contributed by atoms with Crippen LogP contribution in [0.2, 0.25) is 0 Å². The fourth-order valence-electron chi connectivity index (χ4n) is 3.15. The maximum Gasteiger partial charge on any atom is 0.251 e. The molecule has 0 bridgehead atoms. The summed E-state index contributed by atoms with van der Waals surface area (Å²) >= 11 is 0. The summed E-state index contributed by atoms with van der Waals surface area (Å²) in [5.74, 6) is -0.0168. The van der Waals surface area contributed by atoms with Crippen LogP contribution in [0.3, 0.4) is 0 Å². The Bertz CT molecular complexity index is 660. The third-order valence-corrected chi connectivity index (χ3v) is 4.42. The van der Waals surface area contributed by atoms with E-state index < -0.39 is 0 Å². The lowest BCUT2D eigenvalue weighted by Gasteiger charge is -2.32. The monoisotopic (exact) mass is 327 g/mol. The molecule has 1 N–H and O–H groups in total. The van der Waals surface area contributed by atoms with Crippen molar-refractivity contribution in [3.8, 4) is 0 Å². The van der Waals surface area contributed by atoms with Crippen molar-refractivity contribution in [2.75, 3.05) is 19.6 Å². The lowest BCUT2D eigenvalue weighted by atomic mass is 9.97. The van der Waals surface area contributed by atoms with Gasteiger partial charge in [0.1, 0.15) is 5.82 Å². The molecule has 0 spiro atoms. The van der Waals surface area contributed by atoms with Gasteiger partial charge in [-0.2, -0.15) is 0 Å². The number of rotatable bonds is 5. The summed E-state index contributed by atoms with van der Waals surface area (Å²) in [5, 5.41) is 2.97. The van der Waals surface area contributed by atoms with E-state index in [1.807, 2.05) is 24.5 Å². The number of benzene rings is 1. The minimum absolute atomic E-state index is 0.138. The highest BCUT2D eigenvalue weighted by Gasteiger charge is 2.20. The molecule has 1 aromatic carbocycles. The van der Waals surface area contributed by atoms with Crippen LogP contribution >= 0.6 is 0 Å². The van der Waals surface area contributed by atoms with Crippen LogP contribution in [0, 0.1) is 11.7 Å². The maximum atomic E-state index is 12.9. The van der Waals surface area contributed by atoms with Gasteiger partial charge in [0.05, 0.1) is 0 Å². The van der Waals surface area contributed by atoms with Crippen molar-refractivity contribution in [2.45, 2.75) is 19.4 Å². The Balaban J connectivity index is 1.48. The van der Waals surface area contributed by atoms with Gasteiger partial charge in [-0.1, -0.05) is 0 Å². The smallest absolute Gasteiger partial charge is 0.251 e. The van der Waals surface area contributed by atoms with Gasteiger partial charge in [0, 0.05) is 37.6 Å². The highest BCUT2D eigenvalue weighted by Crippen LogP contribution is 2.18. The van der Waals surface area contributed by atoms with E-state index >= 15 is 0 Å². The summed E-state index contributed by atoms with van der Waals surface area (Å²) in [7, 11) is 0. The average Bonchev–Trinajstić information content (AvgIpc) is 2.61. The second kappa shape index (κ2) is 8.02. The number of piperidine rings is 1. The van der Waals surface area contributed by atoms with E-state index in [4.69, 9.17) is 0 Å². The van der Waals surface area contributed by atoms with Crippen molar-refractivity contribution in [1.82, 2.24) is 15.2 Å². The van der Waals surface area contributed by atoms with Crippen molar-refractivity contribution in [1.29, 1.82) is 0 Å². The number of hydrogen-bond donors (Lipinski definition) is 1. The zero-order valence-corrected chi connectivity index (χ0v) is 13.6. The fraction of sp³-hybridized carbons (Fsp3) is 0.368. The molecule has 2 heterocycles. The number of halogens is 1. The number of carbonyl (C=O) groups excluding carboxylic acids is 1. The minimum Gasteiger partial charge on any atom is -0.352 e. The number of amides is 1. The van der Waals surface area contributed by atoms with Gasteiger partial charge >= 0.3 is 0 Å². The molecule has 5 heteroatoms. The van der Waals surface area contributed by atoms with Crippen LogP contribution in [0.4, 0.5) is 4.39 Å². The predicted octanol–water partition coefficient (Wildman–Crippen LogP) is 2.86. The van der Waals surface area contributed by atoms with Crippen molar-refractivity contribution in [2.24, 2.45) is 5.92 Å². The van der Waals surface area contributed by atoms with Gasteiger partial charge in [0.2, 0.25) is 0 Å². The highest BCUT2D eigenvalue weighted by molar-refractivity contribution is 5.94. The van der Waals surface area contributed by atoms with Crippen LogP contribution in [0.5, 0.6) is 0 Å². The van der Waals surface area contributed by atoms with Crippen LogP contribution in [0.25, 0.3) is 0 Å². The first kappa shape index (κ1) is 16.6. The van der Waals surface area contributed by atoms with Crippen LogP contribution < -0.4 is 5.32 Å². The lowest BCUT2D eigenvalue weighted by molar-refractivity contribution is 0.0930.